The number of alkyl halides is 3. The second-order valence-corrected chi connectivity index (χ2v) is 15.5. The number of primary amides is 1. The normalized spacial score (nSPS) is 16.5. The largest absolute Gasteiger partial charge is 0.542 e. The molecule has 2 aliphatic rings. The van der Waals surface area contributed by atoms with E-state index in [4.69, 9.17) is 44.3 Å². The van der Waals surface area contributed by atoms with Gasteiger partial charge in [0.2, 0.25) is 24.0 Å². The van der Waals surface area contributed by atoms with Crippen LogP contribution in [-0.2, 0) is 38.7 Å². The summed E-state index contributed by atoms with van der Waals surface area (Å²) in [6.45, 7) is 2.33. The van der Waals surface area contributed by atoms with E-state index in [-0.39, 0.29) is 31.3 Å². The molecule has 1 aromatic rings. The first-order valence-electron chi connectivity index (χ1n) is 20.6. The summed E-state index contributed by atoms with van der Waals surface area (Å²) in [5.41, 5.74) is 34.5. The van der Waals surface area contributed by atoms with E-state index in [1.54, 1.807) is 0 Å². The molecule has 20 heteroatoms. The zero-order chi connectivity index (χ0) is 43.1. The van der Waals surface area contributed by atoms with Gasteiger partial charge >= 0.3 is 6.18 Å². The Morgan fingerprint density at radius 2 is 1.28 bits per heavy atom. The fourth-order valence-electron chi connectivity index (χ4n) is 7.52. The zero-order valence-electron chi connectivity index (χ0n) is 33.7. The smallest absolute Gasteiger partial charge is 0.430 e. The third-order valence-corrected chi connectivity index (χ3v) is 10.6. The molecule has 1 aromatic heterocycles. The molecule has 1 heterocycles. The van der Waals surface area contributed by atoms with E-state index in [0.29, 0.717) is 25.8 Å². The summed E-state index contributed by atoms with van der Waals surface area (Å²) < 4.78 is 36.0. The molecule has 0 saturated heterocycles. The third-order valence-electron chi connectivity index (χ3n) is 10.6. The molecule has 2 saturated carbocycles. The molecule has 0 bridgehead atoms. The van der Waals surface area contributed by atoms with Crippen molar-refractivity contribution < 1.29 is 42.0 Å². The van der Waals surface area contributed by atoms with E-state index in [0.717, 1.165) is 43.5 Å². The average Bonchev–Trinajstić information content (AvgIpc) is 3.55. The van der Waals surface area contributed by atoms with Gasteiger partial charge in [0, 0.05) is 19.5 Å². The summed E-state index contributed by atoms with van der Waals surface area (Å²) in [5, 5.41) is 14.4. The number of hydrogen-bond acceptors (Lipinski definition) is 8. The number of aromatic nitrogens is 2. The zero-order valence-corrected chi connectivity index (χ0v) is 33.7. The summed E-state index contributed by atoms with van der Waals surface area (Å²) in [7, 11) is 0. The maximum absolute atomic E-state index is 13.9. The Kier molecular flexibility index (Phi) is 22.5. The van der Waals surface area contributed by atoms with Crippen LogP contribution in [-0.4, -0.2) is 77.6 Å². The van der Waals surface area contributed by atoms with Crippen molar-refractivity contribution >= 4 is 35.6 Å². The highest BCUT2D eigenvalue weighted by Gasteiger charge is 2.31. The molecule has 14 N–H and O–H groups in total. The molecule has 0 unspecified atom stereocenters. The van der Waals surface area contributed by atoms with E-state index < -0.39 is 48.0 Å². The minimum Gasteiger partial charge on any atom is -0.542 e. The lowest BCUT2D eigenvalue weighted by atomic mass is 9.86. The monoisotopic (exact) mass is 829 g/mol. The highest BCUT2D eigenvalue weighted by Crippen LogP contribution is 2.28. The van der Waals surface area contributed by atoms with Crippen molar-refractivity contribution in [2.24, 2.45) is 56.2 Å². The third kappa shape index (κ3) is 20.7. The van der Waals surface area contributed by atoms with Gasteiger partial charge in [0.1, 0.15) is 29.9 Å². The van der Waals surface area contributed by atoms with Crippen LogP contribution in [0.1, 0.15) is 121 Å². The van der Waals surface area contributed by atoms with Crippen molar-refractivity contribution in [2.45, 2.75) is 159 Å². The Bertz CT molecular complexity index is 1470. The van der Waals surface area contributed by atoms with Crippen LogP contribution >= 0.6 is 0 Å². The minimum atomic E-state index is -5.19. The first kappa shape index (κ1) is 49.5. The van der Waals surface area contributed by atoms with Crippen LogP contribution in [0.5, 0.6) is 0 Å². The lowest BCUT2D eigenvalue weighted by Gasteiger charge is -2.23. The number of amides is 3. The Labute approximate surface area is 339 Å². The van der Waals surface area contributed by atoms with E-state index in [1.807, 2.05) is 0 Å². The summed E-state index contributed by atoms with van der Waals surface area (Å²) in [4.78, 5) is 56.3. The molecule has 3 atom stereocenters. The van der Waals surface area contributed by atoms with Crippen LogP contribution in [0.2, 0.25) is 0 Å². The first-order valence-corrected chi connectivity index (χ1v) is 20.6. The number of carbonyl (C=O) groups excluding carboxylic acids is 4. The number of nitrogens with zero attached hydrogens (tertiary/aromatic N) is 4. The summed E-state index contributed by atoms with van der Waals surface area (Å²) >= 11 is 0. The second kappa shape index (κ2) is 26.4. The Morgan fingerprint density at radius 1 is 0.776 bits per heavy atom. The summed E-state index contributed by atoms with van der Waals surface area (Å²) in [6.07, 6.45) is 18.5. The molecule has 17 nitrogen and oxygen atoms in total. The van der Waals surface area contributed by atoms with E-state index >= 15 is 0 Å². The fourth-order valence-corrected chi connectivity index (χ4v) is 7.52. The average molecular weight is 829 g/mol. The predicted octanol–water partition coefficient (Wildman–Crippen LogP) is 0.227. The molecule has 3 rings (SSSR count). The van der Waals surface area contributed by atoms with Gasteiger partial charge in [-0.2, -0.15) is 13.2 Å². The first-order chi connectivity index (χ1) is 27.5. The van der Waals surface area contributed by atoms with E-state index in [2.05, 4.69) is 42.3 Å². The van der Waals surface area contributed by atoms with Crippen molar-refractivity contribution in [1.82, 2.24) is 15.2 Å². The van der Waals surface area contributed by atoms with Gasteiger partial charge < -0.3 is 54.9 Å². The molecule has 3 amide bonds. The number of carboxylic acids is 1. The molecular weight excluding hydrogens is 761 g/mol. The van der Waals surface area contributed by atoms with Gasteiger partial charge in [-0.15, -0.1) is 0 Å². The van der Waals surface area contributed by atoms with Gasteiger partial charge in [0.25, 0.3) is 0 Å². The van der Waals surface area contributed by atoms with Crippen LogP contribution in [0.4, 0.5) is 13.2 Å². The van der Waals surface area contributed by atoms with Crippen molar-refractivity contribution in [3.8, 4) is 0 Å². The molecule has 2 fully saturated rings. The van der Waals surface area contributed by atoms with Crippen LogP contribution in [0, 0.1) is 11.8 Å². The van der Waals surface area contributed by atoms with Gasteiger partial charge in [-0.25, -0.2) is 9.13 Å². The van der Waals surface area contributed by atoms with Gasteiger partial charge in [0.05, 0.1) is 19.1 Å². The quantitative estimate of drug-likeness (QED) is 0.0321. The SMILES string of the molecule is NC(=O)[C@H](CCCN=C(N)N)NC(=O)[C@H](Cc1c[n+](CCCC2CCCCC2)cn1CCCC1CCCCC1)NC(=O)[C@@H](N)CCCN=C(N)N.O=C([O-])C(F)(F)F. The van der Waals surface area contributed by atoms with Crippen molar-refractivity contribution in [1.29, 1.82) is 0 Å². The maximum Gasteiger partial charge on any atom is 0.430 e. The number of nitrogens with two attached hydrogens (primary N) is 6. The standard InChI is InChI=1S/C36H66N12O3.C2HF3O2/c37-29(17-7-19-43-35(39)40)33(50)46-31(34(51)45-30(32(38)49)18-8-20-44-36(41)42)23-28-24-47(21-9-15-26-11-3-1-4-12-26)25-48(28)22-10-16-27-13-5-2-6-14-27;3-2(4,5)1(6)7/h24-27,29-31H,1-23,37H2,(H11-,38,39,40,41,42,43,44,45,46,49,50,51);(H,6,7)/t29-,30-,31-;/m0./s1. The minimum absolute atomic E-state index is 0.0277. The Balaban J connectivity index is 0.00000151. The van der Waals surface area contributed by atoms with Crippen LogP contribution in [0.25, 0.3) is 0 Å². The molecule has 2 aliphatic carbocycles. The lowest BCUT2D eigenvalue weighted by Crippen LogP contribution is -2.56. The number of hydrogen-bond donors (Lipinski definition) is 8. The van der Waals surface area contributed by atoms with Crippen molar-refractivity contribution in [3.63, 3.8) is 0 Å². The van der Waals surface area contributed by atoms with Gasteiger partial charge in [-0.05, 0) is 63.2 Å². The van der Waals surface area contributed by atoms with E-state index in [9.17, 15) is 27.6 Å². The number of aryl methyl sites for hydroxylation is 2. The number of nitrogens with one attached hydrogen (secondary N) is 2. The number of rotatable bonds is 23. The molecule has 58 heavy (non-hydrogen) atoms. The highest BCUT2D eigenvalue weighted by molar-refractivity contribution is 5.92. The van der Waals surface area contributed by atoms with Crippen molar-refractivity contribution in [3.05, 3.63) is 18.2 Å². The summed E-state index contributed by atoms with van der Waals surface area (Å²) in [6, 6.07) is -2.84. The van der Waals surface area contributed by atoms with Gasteiger partial charge in [0.15, 0.2) is 11.9 Å². The number of carbonyl (C=O) groups is 4. The molecule has 0 spiro atoms. The number of aliphatic imine (C=N–C) groups is 2. The molecule has 0 radical (unpaired) electrons. The topological polar surface area (TPSA) is 305 Å². The number of guanidine groups is 2. The number of carboxylic acid groups (broad SMARTS) is 1. The molecule has 0 aromatic carbocycles. The molecule has 0 aliphatic heterocycles. The van der Waals surface area contributed by atoms with Crippen LogP contribution in [0.15, 0.2) is 22.5 Å². The molecular formula is C38H67F3N12O5. The van der Waals surface area contributed by atoms with E-state index in [1.165, 1.54) is 77.0 Å². The number of imidazole rings is 1. The van der Waals surface area contributed by atoms with Gasteiger partial charge in [-0.1, -0.05) is 64.2 Å². The van der Waals surface area contributed by atoms with Crippen LogP contribution in [0.3, 0.4) is 0 Å². The van der Waals surface area contributed by atoms with Crippen LogP contribution < -0.4 is 54.7 Å². The number of halogens is 3. The fraction of sp³-hybridized carbons (Fsp3) is 0.763. The van der Waals surface area contributed by atoms with Crippen molar-refractivity contribution in [2.75, 3.05) is 13.1 Å². The Morgan fingerprint density at radius 3 is 1.78 bits per heavy atom. The summed E-state index contributed by atoms with van der Waals surface area (Å²) in [5.74, 6) is -3.19. The number of aliphatic carboxylic acids is 1. The van der Waals surface area contributed by atoms with Gasteiger partial charge in [-0.3, -0.25) is 24.4 Å². The second-order valence-electron chi connectivity index (χ2n) is 15.5. The Hall–Kier alpha value is -4.62. The maximum atomic E-state index is 13.9. The predicted molar refractivity (Wildman–Crippen MR) is 212 cm³/mol. The highest BCUT2D eigenvalue weighted by atomic mass is 19.4. The lowest BCUT2D eigenvalue weighted by molar-refractivity contribution is -0.697. The molecule has 330 valence electrons.